The molecule has 16 heteroatoms. The van der Waals surface area contributed by atoms with Crippen molar-refractivity contribution in [3.63, 3.8) is 0 Å². The van der Waals surface area contributed by atoms with Gasteiger partial charge in [0.1, 0.15) is 0 Å². The third-order valence-corrected chi connectivity index (χ3v) is 21.4. The van der Waals surface area contributed by atoms with Crippen molar-refractivity contribution in [3.05, 3.63) is 48.6 Å². The van der Waals surface area contributed by atoms with Crippen molar-refractivity contribution in [1.29, 1.82) is 0 Å². The van der Waals surface area contributed by atoms with Gasteiger partial charge in [0, 0.05) is 48.3 Å². The zero-order valence-corrected chi connectivity index (χ0v) is 36.8. The van der Waals surface area contributed by atoms with Crippen LogP contribution in [0.1, 0.15) is 51.4 Å². The molecule has 9 aliphatic heterocycles. The topological polar surface area (TPSA) is 192 Å². The van der Waals surface area contributed by atoms with Gasteiger partial charge in [-0.25, -0.2) is 0 Å². The van der Waals surface area contributed by atoms with Crippen molar-refractivity contribution in [3.8, 4) is 0 Å². The molecule has 0 aromatic rings. The molecule has 344 valence electrons. The predicted molar refractivity (Wildman–Crippen MR) is 242 cm³/mol. The molecule has 21 aliphatic rings. The van der Waals surface area contributed by atoms with Crippen molar-refractivity contribution in [2.45, 2.75) is 197 Å². The number of hydrogen-bond donors (Lipinski definition) is 16. The zero-order valence-electron chi connectivity index (χ0n) is 36.8. The first-order valence-electron chi connectivity index (χ1n) is 26.5. The molecule has 21 rings (SSSR count). The second-order valence-electron chi connectivity index (χ2n) is 24.1. The van der Waals surface area contributed by atoms with Gasteiger partial charge in [-0.05, 0) is 98.7 Å². The van der Waals surface area contributed by atoms with Gasteiger partial charge in [0.15, 0.2) is 0 Å². The average molecular weight is 873 g/mol. The smallest absolute Gasteiger partial charge is 0.0771 e. The standard InChI is InChI=1S/C48H72N16/c1-2-18-4-3-17(1)25-26(18)50-34-33(49-25)41-57-42(34)62-44-37-38(54-30-22-11-9-21(10-12-22)29(30)53-37)46(59-44)64-48-40-39(55-31-23-13-15-24(16-14-23)32(31)56-40)47(60-48)63-45-36-35(43(58-45)61-41)51-27-19-5-7-20(8-6-19)28(27)52-36/h1-2,5,7,9,11,13,15,17-64H,3-4,6,8,10,12,14,16H2. The average Bonchev–Trinajstić information content (AvgIpc) is 4.08. The van der Waals surface area contributed by atoms with Crippen LogP contribution in [0.2, 0.25) is 0 Å². The number of hydrogen-bond acceptors (Lipinski definition) is 16. The van der Waals surface area contributed by atoms with E-state index < -0.39 is 0 Å². The first-order chi connectivity index (χ1) is 31.6. The lowest BCUT2D eigenvalue weighted by atomic mass is 9.67. The highest BCUT2D eigenvalue weighted by Gasteiger charge is 2.62. The molecule has 12 aliphatic carbocycles. The van der Waals surface area contributed by atoms with Crippen LogP contribution < -0.4 is 85.1 Å². The Balaban J connectivity index is 0.752. The second kappa shape index (κ2) is 14.0. The van der Waals surface area contributed by atoms with Gasteiger partial charge >= 0.3 is 0 Å². The van der Waals surface area contributed by atoms with Gasteiger partial charge in [-0.2, -0.15) is 0 Å². The van der Waals surface area contributed by atoms with Crippen LogP contribution in [0.15, 0.2) is 48.6 Å². The number of nitrogens with one attached hydrogen (secondary N) is 16. The maximum Gasteiger partial charge on any atom is 0.0771 e. The lowest BCUT2D eigenvalue weighted by Crippen LogP contribution is -2.77. The van der Waals surface area contributed by atoms with Crippen LogP contribution in [0.25, 0.3) is 0 Å². The molecule has 24 unspecified atom stereocenters. The predicted octanol–water partition coefficient (Wildman–Crippen LogP) is -3.57. The number of rotatable bonds is 0. The van der Waals surface area contributed by atoms with Crippen LogP contribution in [0, 0.1) is 47.3 Å². The molecule has 0 radical (unpaired) electrons. The van der Waals surface area contributed by atoms with Crippen molar-refractivity contribution < 1.29 is 0 Å². The van der Waals surface area contributed by atoms with E-state index in [1.54, 1.807) is 0 Å². The molecule has 9 saturated heterocycles. The summed E-state index contributed by atoms with van der Waals surface area (Å²) in [5.74, 6) is 4.74. The van der Waals surface area contributed by atoms with Gasteiger partial charge in [-0.3, -0.25) is 42.5 Å². The summed E-state index contributed by atoms with van der Waals surface area (Å²) < 4.78 is 0. The Morgan fingerprint density at radius 1 is 0.156 bits per heavy atom. The largest absolute Gasteiger partial charge is 0.305 e. The first-order valence-corrected chi connectivity index (χ1v) is 26.5. The highest BCUT2D eigenvalue weighted by Crippen LogP contribution is 2.45. The van der Waals surface area contributed by atoms with Crippen molar-refractivity contribution in [1.82, 2.24) is 85.1 Å². The summed E-state index contributed by atoms with van der Waals surface area (Å²) >= 11 is 0. The fourth-order valence-corrected chi connectivity index (χ4v) is 18.4. The van der Waals surface area contributed by atoms with Crippen LogP contribution in [-0.4, -0.2) is 146 Å². The van der Waals surface area contributed by atoms with Crippen molar-refractivity contribution in [2.24, 2.45) is 47.3 Å². The van der Waals surface area contributed by atoms with Crippen LogP contribution in [-0.2, 0) is 0 Å². The summed E-state index contributed by atoms with van der Waals surface area (Å²) in [6, 6.07) is 5.48. The fourth-order valence-electron chi connectivity index (χ4n) is 18.4. The molecule has 0 aromatic carbocycles. The van der Waals surface area contributed by atoms with E-state index in [1.807, 2.05) is 0 Å². The van der Waals surface area contributed by atoms with E-state index in [1.165, 1.54) is 51.4 Å². The molecule has 16 bridgehead atoms. The zero-order chi connectivity index (χ0) is 41.1. The first kappa shape index (κ1) is 38.2. The fraction of sp³-hybridized carbons (Fsp3) is 0.833. The van der Waals surface area contributed by atoms with E-state index >= 15 is 0 Å². The van der Waals surface area contributed by atoms with E-state index in [0.717, 1.165) is 0 Å². The van der Waals surface area contributed by atoms with Crippen LogP contribution in [0.3, 0.4) is 0 Å². The summed E-state index contributed by atoms with van der Waals surface area (Å²) in [5, 5.41) is 69.4. The molecule has 13 fully saturated rings. The number of fused-ring (bicyclic) bond motifs is 24. The minimum atomic E-state index is 0.0638. The van der Waals surface area contributed by atoms with E-state index in [2.05, 4.69) is 134 Å². The molecule has 16 N–H and O–H groups in total. The molecule has 9 heterocycles. The highest BCUT2D eigenvalue weighted by molar-refractivity contribution is 5.28. The minimum Gasteiger partial charge on any atom is -0.305 e. The molecular formula is C48H72N16. The molecule has 0 amide bonds. The van der Waals surface area contributed by atoms with Gasteiger partial charge in [0.25, 0.3) is 0 Å². The number of piperazine rings is 4. The Hall–Kier alpha value is -1.68. The molecule has 24 atom stereocenters. The summed E-state index contributed by atoms with van der Waals surface area (Å²) in [6.45, 7) is 0. The molecule has 16 nitrogen and oxygen atoms in total. The Labute approximate surface area is 377 Å². The second-order valence-corrected chi connectivity index (χ2v) is 24.1. The molecule has 4 saturated carbocycles. The highest BCUT2D eigenvalue weighted by atomic mass is 15.5. The van der Waals surface area contributed by atoms with E-state index in [4.69, 9.17) is 0 Å². The summed E-state index contributed by atoms with van der Waals surface area (Å²) in [7, 11) is 0. The van der Waals surface area contributed by atoms with Gasteiger partial charge in [0.05, 0.1) is 97.7 Å². The summed E-state index contributed by atoms with van der Waals surface area (Å²) in [6.07, 6.45) is 31.1. The molecule has 0 spiro atoms. The Kier molecular flexibility index (Phi) is 8.35. The van der Waals surface area contributed by atoms with Gasteiger partial charge in [0.2, 0.25) is 0 Å². The van der Waals surface area contributed by atoms with E-state index in [-0.39, 0.29) is 97.7 Å². The van der Waals surface area contributed by atoms with Crippen LogP contribution in [0.4, 0.5) is 0 Å². The molecule has 0 aromatic heterocycles. The minimum absolute atomic E-state index is 0.0638. The van der Waals surface area contributed by atoms with E-state index in [0.29, 0.717) is 95.7 Å². The Morgan fingerprint density at radius 3 is 0.391 bits per heavy atom. The lowest BCUT2D eigenvalue weighted by molar-refractivity contribution is 0.0822. The van der Waals surface area contributed by atoms with E-state index in [9.17, 15) is 0 Å². The van der Waals surface area contributed by atoms with Gasteiger partial charge in [-0.1, -0.05) is 48.6 Å². The maximum atomic E-state index is 4.37. The van der Waals surface area contributed by atoms with Crippen LogP contribution >= 0.6 is 0 Å². The van der Waals surface area contributed by atoms with Crippen molar-refractivity contribution >= 4 is 0 Å². The normalized spacial score (nSPS) is 65.0. The third-order valence-electron chi connectivity index (χ3n) is 21.4. The SMILES string of the molecule is C1=CC2CCC1C1NC3C4NC(NC5NC(NC6NC(NC7NC(N4)C4NC8C9C=CC(CC9)C8NC74)C4NC7C8C=CC(CC8)C7NC64)C4NC6C7C=CC(CC7)C6NC54)C3NC21. The van der Waals surface area contributed by atoms with Crippen LogP contribution in [0.5, 0.6) is 0 Å². The lowest BCUT2D eigenvalue weighted by Gasteiger charge is -2.54. The van der Waals surface area contributed by atoms with Crippen molar-refractivity contribution in [2.75, 3.05) is 0 Å². The van der Waals surface area contributed by atoms with Gasteiger partial charge in [-0.15, -0.1) is 0 Å². The molecule has 64 heavy (non-hydrogen) atoms. The third kappa shape index (κ3) is 5.40. The summed E-state index contributed by atoms with van der Waals surface area (Å²) in [4.78, 5) is 0. The monoisotopic (exact) mass is 873 g/mol. The quantitative estimate of drug-likeness (QED) is 0.107. The maximum absolute atomic E-state index is 4.37. The Morgan fingerprint density at radius 2 is 0.281 bits per heavy atom. The van der Waals surface area contributed by atoms with Gasteiger partial charge < -0.3 is 42.5 Å². The summed E-state index contributed by atoms with van der Waals surface area (Å²) in [5.41, 5.74) is 0. The Bertz CT molecular complexity index is 1620. The molecular weight excluding hydrogens is 801 g/mol.